The Morgan fingerprint density at radius 1 is 1.41 bits per heavy atom. The van der Waals surface area contributed by atoms with E-state index in [1.165, 1.54) is 12.8 Å². The van der Waals surface area contributed by atoms with Crippen LogP contribution in [-0.2, 0) is 6.42 Å². The number of imidazole rings is 1. The van der Waals surface area contributed by atoms with Gasteiger partial charge in [-0.15, -0.1) is 0 Å². The van der Waals surface area contributed by atoms with Crippen molar-refractivity contribution < 1.29 is 4.79 Å². The van der Waals surface area contributed by atoms with Crippen LogP contribution in [-0.4, -0.2) is 26.3 Å². The molecule has 0 aliphatic heterocycles. The molecule has 2 aromatic heterocycles. The minimum absolute atomic E-state index is 0.149. The van der Waals surface area contributed by atoms with Gasteiger partial charge in [-0.05, 0) is 50.3 Å². The minimum atomic E-state index is -0.186. The summed E-state index contributed by atoms with van der Waals surface area (Å²) in [5.41, 5.74) is 4.07. The second-order valence-corrected chi connectivity index (χ2v) is 7.07. The zero-order chi connectivity index (χ0) is 19.0. The van der Waals surface area contributed by atoms with Crippen molar-refractivity contribution in [1.82, 2.24) is 19.7 Å². The molecule has 2 heterocycles. The van der Waals surface area contributed by atoms with Gasteiger partial charge in [0.15, 0.2) is 11.3 Å². The maximum Gasteiger partial charge on any atom is 0.274 e. The Kier molecular flexibility index (Phi) is 4.36. The van der Waals surface area contributed by atoms with Crippen LogP contribution in [0.5, 0.6) is 0 Å². The Bertz CT molecular complexity index is 1060. The summed E-state index contributed by atoms with van der Waals surface area (Å²) < 4.78 is 1.87. The van der Waals surface area contributed by atoms with Crippen molar-refractivity contribution in [2.75, 3.05) is 0 Å². The van der Waals surface area contributed by atoms with Crippen molar-refractivity contribution in [1.29, 1.82) is 5.26 Å². The molecular weight excluding hydrogens is 338 g/mol. The van der Waals surface area contributed by atoms with Gasteiger partial charge < -0.3 is 5.32 Å². The molecule has 1 aliphatic carbocycles. The van der Waals surface area contributed by atoms with Gasteiger partial charge in [0.25, 0.3) is 5.91 Å². The largest absolute Gasteiger partial charge is 0.348 e. The molecule has 1 atom stereocenters. The Labute approximate surface area is 157 Å². The molecule has 0 bridgehead atoms. The van der Waals surface area contributed by atoms with Crippen molar-refractivity contribution in [3.63, 3.8) is 0 Å². The van der Waals surface area contributed by atoms with Gasteiger partial charge in [-0.1, -0.05) is 19.1 Å². The number of nitrogens with zero attached hydrogens (tertiary/aromatic N) is 4. The minimum Gasteiger partial charge on any atom is -0.348 e. The predicted octanol–water partition coefficient (Wildman–Crippen LogP) is 3.36. The number of rotatable bonds is 5. The highest BCUT2D eigenvalue weighted by atomic mass is 16.2. The summed E-state index contributed by atoms with van der Waals surface area (Å²) in [6, 6.07) is 11.6. The summed E-state index contributed by atoms with van der Waals surface area (Å²) in [5, 5.41) is 12.2. The van der Waals surface area contributed by atoms with Gasteiger partial charge in [-0.3, -0.25) is 9.20 Å². The molecule has 1 aliphatic rings. The molecule has 3 aromatic rings. The number of fused-ring (bicyclic) bond motifs is 1. The summed E-state index contributed by atoms with van der Waals surface area (Å²) in [5.74, 6) is 0.389. The topological polar surface area (TPSA) is 83.1 Å². The zero-order valence-corrected chi connectivity index (χ0v) is 15.4. The third-order valence-corrected chi connectivity index (χ3v) is 5.13. The molecule has 1 aromatic carbocycles. The lowest BCUT2D eigenvalue weighted by Gasteiger charge is -2.12. The van der Waals surface area contributed by atoms with Crippen LogP contribution in [0.3, 0.4) is 0 Å². The number of aryl methyl sites for hydroxylation is 1. The fraction of sp³-hybridized carbons (Fsp3) is 0.333. The standard InChI is InChI=1S/C21H21N5O/c1-3-17-10-18(16-6-4-5-14(9-16)11-22)25-20-19(23-12-26(17)20)21(27)24-13(2)15-7-8-15/h4-6,9-10,12-13,15H,3,7-8H2,1-2H3,(H,24,27)/t13-/m0/s1. The quantitative estimate of drug-likeness (QED) is 0.757. The molecular formula is C21H21N5O. The van der Waals surface area contributed by atoms with Crippen LogP contribution in [0.4, 0.5) is 0 Å². The van der Waals surface area contributed by atoms with Gasteiger partial charge >= 0.3 is 0 Å². The number of amides is 1. The fourth-order valence-corrected chi connectivity index (χ4v) is 3.35. The Hall–Kier alpha value is -3.20. The molecule has 0 saturated heterocycles. The lowest BCUT2D eigenvalue weighted by molar-refractivity contribution is 0.0933. The lowest BCUT2D eigenvalue weighted by Crippen LogP contribution is -2.34. The van der Waals surface area contributed by atoms with Crippen molar-refractivity contribution in [2.24, 2.45) is 5.92 Å². The molecule has 1 saturated carbocycles. The number of hydrogen-bond donors (Lipinski definition) is 1. The summed E-state index contributed by atoms with van der Waals surface area (Å²) in [6.07, 6.45) is 4.78. The Morgan fingerprint density at radius 3 is 2.93 bits per heavy atom. The molecule has 136 valence electrons. The number of carbonyl (C=O) groups is 1. The highest BCUT2D eigenvalue weighted by Crippen LogP contribution is 2.32. The van der Waals surface area contributed by atoms with Crippen molar-refractivity contribution in [3.05, 3.63) is 53.6 Å². The smallest absolute Gasteiger partial charge is 0.274 e. The van der Waals surface area contributed by atoms with E-state index in [2.05, 4.69) is 23.3 Å². The van der Waals surface area contributed by atoms with Crippen molar-refractivity contribution in [2.45, 2.75) is 39.2 Å². The molecule has 4 rings (SSSR count). The molecule has 1 fully saturated rings. The SMILES string of the molecule is CCc1cc(-c2cccc(C#N)c2)nc2c(C(=O)N[C@@H](C)C3CC3)ncn12. The fourth-order valence-electron chi connectivity index (χ4n) is 3.35. The third kappa shape index (κ3) is 3.28. The van der Waals surface area contributed by atoms with Crippen LogP contribution in [0.15, 0.2) is 36.7 Å². The first kappa shape index (κ1) is 17.2. The van der Waals surface area contributed by atoms with Gasteiger partial charge in [-0.25, -0.2) is 9.97 Å². The third-order valence-electron chi connectivity index (χ3n) is 5.13. The maximum atomic E-state index is 12.7. The number of carbonyl (C=O) groups excluding carboxylic acids is 1. The average molecular weight is 359 g/mol. The van der Waals surface area contributed by atoms with Gasteiger partial charge in [0.2, 0.25) is 0 Å². The second kappa shape index (κ2) is 6.84. The number of nitrogens with one attached hydrogen (secondary N) is 1. The first-order valence-electron chi connectivity index (χ1n) is 9.29. The van der Waals surface area contributed by atoms with Gasteiger partial charge in [-0.2, -0.15) is 5.26 Å². The first-order chi connectivity index (χ1) is 13.1. The Morgan fingerprint density at radius 2 is 2.22 bits per heavy atom. The molecule has 1 amide bonds. The first-order valence-corrected chi connectivity index (χ1v) is 9.29. The average Bonchev–Trinajstić information content (AvgIpc) is 3.46. The van der Waals surface area contributed by atoms with Crippen LogP contribution in [0.1, 0.15) is 48.4 Å². The number of benzene rings is 1. The predicted molar refractivity (Wildman–Crippen MR) is 102 cm³/mol. The summed E-state index contributed by atoms with van der Waals surface area (Å²) in [7, 11) is 0. The molecule has 27 heavy (non-hydrogen) atoms. The monoisotopic (exact) mass is 359 g/mol. The number of hydrogen-bond acceptors (Lipinski definition) is 4. The van der Waals surface area contributed by atoms with Crippen LogP contribution in [0, 0.1) is 17.2 Å². The van der Waals surface area contributed by atoms with E-state index in [1.807, 2.05) is 35.6 Å². The van der Waals surface area contributed by atoms with Crippen LogP contribution >= 0.6 is 0 Å². The van der Waals surface area contributed by atoms with Gasteiger partial charge in [0.1, 0.15) is 6.33 Å². The van der Waals surface area contributed by atoms with Gasteiger partial charge in [0.05, 0.1) is 17.3 Å². The van der Waals surface area contributed by atoms with Crippen LogP contribution in [0.2, 0.25) is 0 Å². The zero-order valence-electron chi connectivity index (χ0n) is 15.4. The van der Waals surface area contributed by atoms with E-state index in [1.54, 1.807) is 12.4 Å². The van der Waals surface area contributed by atoms with E-state index in [0.29, 0.717) is 22.8 Å². The van der Waals surface area contributed by atoms with E-state index in [-0.39, 0.29) is 11.9 Å². The van der Waals surface area contributed by atoms with E-state index in [0.717, 1.165) is 23.4 Å². The van der Waals surface area contributed by atoms with E-state index >= 15 is 0 Å². The molecule has 1 N–H and O–H groups in total. The molecule has 6 nitrogen and oxygen atoms in total. The number of nitriles is 1. The normalized spacial score (nSPS) is 14.7. The molecule has 0 spiro atoms. The summed E-state index contributed by atoms with van der Waals surface area (Å²) >= 11 is 0. The second-order valence-electron chi connectivity index (χ2n) is 7.07. The maximum absolute atomic E-state index is 12.7. The van der Waals surface area contributed by atoms with Crippen molar-refractivity contribution >= 4 is 11.6 Å². The summed E-state index contributed by atoms with van der Waals surface area (Å²) in [6.45, 7) is 4.09. The highest BCUT2D eigenvalue weighted by Gasteiger charge is 2.30. The Balaban J connectivity index is 1.78. The highest BCUT2D eigenvalue weighted by molar-refractivity contribution is 5.98. The number of aromatic nitrogens is 3. The van der Waals surface area contributed by atoms with Crippen LogP contribution < -0.4 is 5.32 Å². The van der Waals surface area contributed by atoms with E-state index in [9.17, 15) is 4.79 Å². The van der Waals surface area contributed by atoms with Gasteiger partial charge in [0, 0.05) is 17.3 Å². The van der Waals surface area contributed by atoms with E-state index in [4.69, 9.17) is 10.2 Å². The molecule has 0 radical (unpaired) electrons. The lowest BCUT2D eigenvalue weighted by atomic mass is 10.1. The summed E-state index contributed by atoms with van der Waals surface area (Å²) in [4.78, 5) is 21.8. The van der Waals surface area contributed by atoms with E-state index < -0.39 is 0 Å². The van der Waals surface area contributed by atoms with Crippen molar-refractivity contribution in [3.8, 4) is 17.3 Å². The molecule has 6 heteroatoms. The molecule has 0 unspecified atom stereocenters. The van der Waals surface area contributed by atoms with Crippen LogP contribution in [0.25, 0.3) is 16.9 Å².